The number of nitrogens with zero attached hydrogens (tertiary/aromatic N) is 1. The molecule has 0 saturated carbocycles. The van der Waals surface area contributed by atoms with Gasteiger partial charge in [0, 0.05) is 25.1 Å². The Morgan fingerprint density at radius 1 is 1.44 bits per heavy atom. The molecule has 0 bridgehead atoms. The van der Waals surface area contributed by atoms with E-state index in [0.29, 0.717) is 19.0 Å². The van der Waals surface area contributed by atoms with Crippen molar-refractivity contribution in [1.82, 2.24) is 0 Å². The van der Waals surface area contributed by atoms with Crippen LogP contribution in [0.1, 0.15) is 23.6 Å². The third kappa shape index (κ3) is 2.07. The van der Waals surface area contributed by atoms with Gasteiger partial charge in [0.05, 0.1) is 18.8 Å². The third-order valence-corrected chi connectivity index (χ3v) is 3.40. The van der Waals surface area contributed by atoms with E-state index in [9.17, 15) is 5.11 Å². The van der Waals surface area contributed by atoms with Gasteiger partial charge in [-0.15, -0.1) is 0 Å². The van der Waals surface area contributed by atoms with Gasteiger partial charge in [-0.2, -0.15) is 0 Å². The molecular weight excluding hydrogens is 230 g/mol. The van der Waals surface area contributed by atoms with Gasteiger partial charge >= 0.3 is 0 Å². The molecular formula is C13H17N3O2. The SMILES string of the molecule is N[C@@H]1c2cc(NC3=NCCCO3)ccc2C[C@H]1O. The third-order valence-electron chi connectivity index (χ3n) is 3.40. The van der Waals surface area contributed by atoms with Gasteiger partial charge in [0.25, 0.3) is 6.02 Å². The maximum Gasteiger partial charge on any atom is 0.289 e. The van der Waals surface area contributed by atoms with E-state index in [2.05, 4.69) is 10.3 Å². The molecule has 1 aliphatic carbocycles. The maximum absolute atomic E-state index is 9.74. The van der Waals surface area contributed by atoms with Gasteiger partial charge in [-0.1, -0.05) is 6.07 Å². The van der Waals surface area contributed by atoms with Gasteiger partial charge in [0.2, 0.25) is 0 Å². The highest BCUT2D eigenvalue weighted by molar-refractivity contribution is 5.89. The summed E-state index contributed by atoms with van der Waals surface area (Å²) in [6, 6.07) is 6.20. The fourth-order valence-corrected chi connectivity index (χ4v) is 2.39. The summed E-state index contributed by atoms with van der Waals surface area (Å²) in [5, 5.41) is 12.9. The van der Waals surface area contributed by atoms with Gasteiger partial charge in [0.15, 0.2) is 0 Å². The number of rotatable bonds is 1. The van der Waals surface area contributed by atoms with E-state index in [4.69, 9.17) is 10.5 Å². The summed E-state index contributed by atoms with van der Waals surface area (Å²) in [4.78, 5) is 4.25. The van der Waals surface area contributed by atoms with Crippen molar-refractivity contribution in [2.24, 2.45) is 10.7 Å². The largest absolute Gasteiger partial charge is 0.465 e. The minimum atomic E-state index is -0.474. The molecule has 2 aliphatic rings. The van der Waals surface area contributed by atoms with E-state index >= 15 is 0 Å². The first kappa shape index (κ1) is 11.5. The van der Waals surface area contributed by atoms with Gasteiger partial charge < -0.3 is 20.9 Å². The summed E-state index contributed by atoms with van der Waals surface area (Å²) >= 11 is 0. The second-order valence-corrected chi connectivity index (χ2v) is 4.72. The Balaban J connectivity index is 1.81. The number of benzene rings is 1. The number of hydrogen-bond acceptors (Lipinski definition) is 5. The monoisotopic (exact) mass is 247 g/mol. The molecule has 0 aromatic heterocycles. The van der Waals surface area contributed by atoms with E-state index in [-0.39, 0.29) is 6.04 Å². The van der Waals surface area contributed by atoms with Crippen molar-refractivity contribution in [3.63, 3.8) is 0 Å². The Hall–Kier alpha value is -1.59. The van der Waals surface area contributed by atoms with E-state index in [1.165, 1.54) is 0 Å². The molecule has 4 N–H and O–H groups in total. The van der Waals surface area contributed by atoms with Crippen LogP contribution in [-0.2, 0) is 11.2 Å². The molecule has 5 heteroatoms. The standard InChI is InChI=1S/C13H17N3O2/c14-12-10-7-9(3-2-8(10)6-11(12)17)16-13-15-4-1-5-18-13/h2-3,7,11-12,17H,1,4-6,14H2,(H,15,16)/t11-,12-/m1/s1. The highest BCUT2D eigenvalue weighted by atomic mass is 16.5. The first-order chi connectivity index (χ1) is 8.74. The van der Waals surface area contributed by atoms with Crippen LogP contribution in [-0.4, -0.2) is 30.4 Å². The molecule has 1 aliphatic heterocycles. The summed E-state index contributed by atoms with van der Waals surface area (Å²) in [6.45, 7) is 1.50. The first-order valence-corrected chi connectivity index (χ1v) is 6.25. The maximum atomic E-state index is 9.74. The van der Waals surface area contributed by atoms with Gasteiger partial charge in [0.1, 0.15) is 0 Å². The van der Waals surface area contributed by atoms with Crippen LogP contribution >= 0.6 is 0 Å². The van der Waals surface area contributed by atoms with Gasteiger partial charge in [-0.3, -0.25) is 0 Å². The molecule has 96 valence electrons. The fourth-order valence-electron chi connectivity index (χ4n) is 2.39. The normalized spacial score (nSPS) is 26.2. The number of amidine groups is 1. The van der Waals surface area contributed by atoms with Crippen LogP contribution in [0.15, 0.2) is 23.2 Å². The zero-order valence-corrected chi connectivity index (χ0v) is 10.1. The molecule has 1 heterocycles. The lowest BCUT2D eigenvalue weighted by Crippen LogP contribution is -2.22. The van der Waals surface area contributed by atoms with E-state index in [1.54, 1.807) is 0 Å². The average molecular weight is 247 g/mol. The Kier molecular flexibility index (Phi) is 2.93. The molecule has 3 rings (SSSR count). The van der Waals surface area contributed by atoms with Crippen LogP contribution in [0.4, 0.5) is 5.69 Å². The van der Waals surface area contributed by atoms with Crippen molar-refractivity contribution in [2.75, 3.05) is 18.5 Å². The van der Waals surface area contributed by atoms with Crippen LogP contribution < -0.4 is 11.1 Å². The van der Waals surface area contributed by atoms with Crippen molar-refractivity contribution in [3.05, 3.63) is 29.3 Å². The number of hydrogen-bond donors (Lipinski definition) is 3. The van der Waals surface area contributed by atoms with E-state index in [0.717, 1.165) is 29.8 Å². The van der Waals surface area contributed by atoms with Crippen molar-refractivity contribution < 1.29 is 9.84 Å². The van der Waals surface area contributed by atoms with Gasteiger partial charge in [-0.25, -0.2) is 4.99 Å². The van der Waals surface area contributed by atoms with Crippen LogP contribution in [0.2, 0.25) is 0 Å². The molecule has 1 aromatic rings. The number of anilines is 1. The number of nitrogens with one attached hydrogen (secondary N) is 1. The van der Waals surface area contributed by atoms with Crippen LogP contribution in [0.5, 0.6) is 0 Å². The van der Waals surface area contributed by atoms with E-state index in [1.807, 2.05) is 18.2 Å². The van der Waals surface area contributed by atoms with Crippen molar-refractivity contribution in [2.45, 2.75) is 25.0 Å². The Morgan fingerprint density at radius 3 is 3.11 bits per heavy atom. The Labute approximate surface area is 106 Å². The minimum Gasteiger partial charge on any atom is -0.465 e. The van der Waals surface area contributed by atoms with Crippen LogP contribution in [0, 0.1) is 0 Å². The molecule has 2 atom stereocenters. The number of aliphatic hydroxyl groups is 1. The number of nitrogens with two attached hydrogens (primary N) is 1. The lowest BCUT2D eigenvalue weighted by atomic mass is 10.1. The number of ether oxygens (including phenoxy) is 1. The fraction of sp³-hybridized carbons (Fsp3) is 0.462. The molecule has 1 aromatic carbocycles. The number of aliphatic hydroxyl groups excluding tert-OH is 1. The topological polar surface area (TPSA) is 79.9 Å². The molecule has 0 spiro atoms. The van der Waals surface area contributed by atoms with Crippen molar-refractivity contribution >= 4 is 11.7 Å². The van der Waals surface area contributed by atoms with Crippen LogP contribution in [0.25, 0.3) is 0 Å². The van der Waals surface area contributed by atoms with Crippen molar-refractivity contribution in [1.29, 1.82) is 0 Å². The molecule has 5 nitrogen and oxygen atoms in total. The average Bonchev–Trinajstić information content (AvgIpc) is 2.67. The summed E-state index contributed by atoms with van der Waals surface area (Å²) in [7, 11) is 0. The lowest BCUT2D eigenvalue weighted by molar-refractivity contribution is 0.158. The lowest BCUT2D eigenvalue weighted by Gasteiger charge is -2.16. The van der Waals surface area contributed by atoms with Crippen LogP contribution in [0.3, 0.4) is 0 Å². The minimum absolute atomic E-state index is 0.295. The second kappa shape index (κ2) is 4.59. The molecule has 0 unspecified atom stereocenters. The quantitative estimate of drug-likeness (QED) is 0.685. The summed E-state index contributed by atoms with van der Waals surface area (Å²) in [5.74, 6) is 0. The van der Waals surface area contributed by atoms with E-state index < -0.39 is 6.10 Å². The number of fused-ring (bicyclic) bond motifs is 1. The first-order valence-electron chi connectivity index (χ1n) is 6.25. The van der Waals surface area contributed by atoms with Gasteiger partial charge in [-0.05, 0) is 23.3 Å². The number of aliphatic imine (C=N–C) groups is 1. The smallest absolute Gasteiger partial charge is 0.289 e. The Bertz CT molecular complexity index is 487. The molecule has 0 radical (unpaired) electrons. The zero-order chi connectivity index (χ0) is 12.5. The second-order valence-electron chi connectivity index (χ2n) is 4.72. The molecule has 18 heavy (non-hydrogen) atoms. The highest BCUT2D eigenvalue weighted by Gasteiger charge is 2.28. The summed E-state index contributed by atoms with van der Waals surface area (Å²) in [5.41, 5.74) is 8.98. The highest BCUT2D eigenvalue weighted by Crippen LogP contribution is 2.31. The Morgan fingerprint density at radius 2 is 2.33 bits per heavy atom. The summed E-state index contributed by atoms with van der Waals surface area (Å²) in [6.07, 6.45) is 1.12. The predicted octanol–water partition coefficient (Wildman–Crippen LogP) is 0.792. The zero-order valence-electron chi connectivity index (χ0n) is 10.1. The molecule has 0 fully saturated rings. The molecule has 0 saturated heterocycles. The molecule has 0 amide bonds. The van der Waals surface area contributed by atoms with Crippen molar-refractivity contribution in [3.8, 4) is 0 Å². The predicted molar refractivity (Wildman–Crippen MR) is 69.6 cm³/mol. The summed E-state index contributed by atoms with van der Waals surface area (Å²) < 4.78 is 5.41.